The summed E-state index contributed by atoms with van der Waals surface area (Å²) in [5.74, 6) is -0.00322. The summed E-state index contributed by atoms with van der Waals surface area (Å²) in [5, 5.41) is 2.86. The summed E-state index contributed by atoms with van der Waals surface area (Å²) < 4.78 is 5.34. The number of nitrogens with two attached hydrogens (primary N) is 1. The second-order valence-corrected chi connectivity index (χ2v) is 5.84. The predicted molar refractivity (Wildman–Crippen MR) is 84.0 cm³/mol. The fraction of sp³-hybridized carbons (Fsp3) is 0.562. The molecule has 1 atom stereocenters. The average Bonchev–Trinajstić information content (AvgIpc) is 2.49. The molecule has 1 amide bonds. The maximum Gasteiger partial charge on any atom is 0.241 e. The number of benzene rings is 1. The molecule has 1 fully saturated rings. The lowest BCUT2D eigenvalue weighted by Gasteiger charge is -2.26. The smallest absolute Gasteiger partial charge is 0.241 e. The number of rotatable bonds is 5. The van der Waals surface area contributed by atoms with Gasteiger partial charge in [-0.25, -0.2) is 0 Å². The van der Waals surface area contributed by atoms with E-state index >= 15 is 0 Å². The molecule has 5 nitrogen and oxygen atoms in total. The van der Waals surface area contributed by atoms with Gasteiger partial charge in [-0.15, -0.1) is 0 Å². The third kappa shape index (κ3) is 4.81. The minimum atomic E-state index is -0.474. The van der Waals surface area contributed by atoms with Gasteiger partial charge in [-0.2, -0.15) is 0 Å². The monoisotopic (exact) mass is 291 g/mol. The maximum absolute atomic E-state index is 11.9. The van der Waals surface area contributed by atoms with Crippen LogP contribution in [0.5, 0.6) is 0 Å². The molecule has 1 aliphatic rings. The Labute approximate surface area is 126 Å². The Balaban J connectivity index is 1.88. The highest BCUT2D eigenvalue weighted by Crippen LogP contribution is 2.13. The van der Waals surface area contributed by atoms with Crippen molar-refractivity contribution in [2.75, 3.05) is 31.6 Å². The van der Waals surface area contributed by atoms with Crippen LogP contribution in [0.1, 0.15) is 19.4 Å². The van der Waals surface area contributed by atoms with E-state index in [9.17, 15) is 4.79 Å². The summed E-state index contributed by atoms with van der Waals surface area (Å²) in [7, 11) is 0. The van der Waals surface area contributed by atoms with Crippen molar-refractivity contribution in [3.05, 3.63) is 29.8 Å². The van der Waals surface area contributed by atoms with Gasteiger partial charge in [0.05, 0.1) is 19.3 Å². The Hall–Kier alpha value is -1.43. The Morgan fingerprint density at radius 1 is 1.29 bits per heavy atom. The first-order valence-electron chi connectivity index (χ1n) is 7.52. The van der Waals surface area contributed by atoms with Gasteiger partial charge in [-0.1, -0.05) is 26.0 Å². The molecule has 0 bridgehead atoms. The molecule has 5 heteroatoms. The zero-order valence-corrected chi connectivity index (χ0v) is 12.8. The number of hydrogen-bond donors (Lipinski definition) is 2. The fourth-order valence-corrected chi connectivity index (χ4v) is 2.24. The second kappa shape index (κ2) is 7.54. The molecule has 21 heavy (non-hydrogen) atoms. The van der Waals surface area contributed by atoms with E-state index in [0.717, 1.165) is 38.5 Å². The van der Waals surface area contributed by atoms with Gasteiger partial charge in [-0.05, 0) is 23.6 Å². The zero-order chi connectivity index (χ0) is 15.2. The minimum absolute atomic E-state index is 0.130. The molecule has 0 radical (unpaired) electrons. The molecule has 0 saturated carbocycles. The Bertz CT molecular complexity index is 453. The van der Waals surface area contributed by atoms with E-state index in [1.807, 2.05) is 38.1 Å². The van der Waals surface area contributed by atoms with E-state index in [2.05, 4.69) is 10.2 Å². The number of morpholine rings is 1. The molecule has 0 spiro atoms. The average molecular weight is 291 g/mol. The second-order valence-electron chi connectivity index (χ2n) is 5.84. The molecule has 1 saturated heterocycles. The minimum Gasteiger partial charge on any atom is -0.379 e. The first-order chi connectivity index (χ1) is 10.1. The summed E-state index contributed by atoms with van der Waals surface area (Å²) in [6.07, 6.45) is 0. The fourth-order valence-electron chi connectivity index (χ4n) is 2.24. The number of carbonyl (C=O) groups is 1. The molecular formula is C16H25N3O2. The van der Waals surface area contributed by atoms with Crippen molar-refractivity contribution in [3.63, 3.8) is 0 Å². The number of amides is 1. The van der Waals surface area contributed by atoms with Crippen LogP contribution in [0.3, 0.4) is 0 Å². The third-order valence-corrected chi connectivity index (χ3v) is 3.75. The SMILES string of the molecule is CC(C)[C@@H](N)C(=O)Nc1ccc(CN2CCOCC2)cc1. The molecule has 0 unspecified atom stereocenters. The van der Waals surface area contributed by atoms with E-state index in [-0.39, 0.29) is 11.8 Å². The van der Waals surface area contributed by atoms with Gasteiger partial charge in [-0.3, -0.25) is 9.69 Å². The van der Waals surface area contributed by atoms with E-state index in [4.69, 9.17) is 10.5 Å². The molecular weight excluding hydrogens is 266 g/mol. The lowest BCUT2D eigenvalue weighted by atomic mass is 10.0. The topological polar surface area (TPSA) is 67.6 Å². The Morgan fingerprint density at radius 3 is 2.48 bits per heavy atom. The first kappa shape index (κ1) is 15.9. The van der Waals surface area contributed by atoms with Gasteiger partial charge in [0.1, 0.15) is 0 Å². The largest absolute Gasteiger partial charge is 0.379 e. The molecule has 0 aromatic heterocycles. The van der Waals surface area contributed by atoms with Gasteiger partial charge in [0.15, 0.2) is 0 Å². The molecule has 1 aromatic rings. The van der Waals surface area contributed by atoms with Crippen LogP contribution >= 0.6 is 0 Å². The van der Waals surface area contributed by atoms with Crippen molar-refractivity contribution in [3.8, 4) is 0 Å². The highest BCUT2D eigenvalue weighted by molar-refractivity contribution is 5.94. The molecule has 1 aromatic carbocycles. The van der Waals surface area contributed by atoms with Crippen LogP contribution in [0, 0.1) is 5.92 Å². The van der Waals surface area contributed by atoms with Crippen LogP contribution in [-0.2, 0) is 16.1 Å². The lowest BCUT2D eigenvalue weighted by Crippen LogP contribution is -2.39. The van der Waals surface area contributed by atoms with Gasteiger partial charge in [0, 0.05) is 25.3 Å². The van der Waals surface area contributed by atoms with E-state index in [1.165, 1.54) is 5.56 Å². The van der Waals surface area contributed by atoms with Crippen molar-refractivity contribution in [2.45, 2.75) is 26.4 Å². The molecule has 0 aliphatic carbocycles. The van der Waals surface area contributed by atoms with Crippen molar-refractivity contribution in [2.24, 2.45) is 11.7 Å². The number of ether oxygens (including phenoxy) is 1. The molecule has 3 N–H and O–H groups in total. The van der Waals surface area contributed by atoms with E-state index < -0.39 is 6.04 Å². The Kier molecular flexibility index (Phi) is 5.73. The van der Waals surface area contributed by atoms with Crippen LogP contribution in [-0.4, -0.2) is 43.2 Å². The molecule has 2 rings (SSSR count). The van der Waals surface area contributed by atoms with E-state index in [0.29, 0.717) is 0 Å². The van der Waals surface area contributed by atoms with Gasteiger partial charge < -0.3 is 15.8 Å². The van der Waals surface area contributed by atoms with Gasteiger partial charge in [0.25, 0.3) is 0 Å². The summed E-state index contributed by atoms with van der Waals surface area (Å²) in [6.45, 7) is 8.36. The zero-order valence-electron chi connectivity index (χ0n) is 12.8. The molecule has 116 valence electrons. The van der Waals surface area contributed by atoms with Crippen LogP contribution < -0.4 is 11.1 Å². The molecule has 1 aliphatic heterocycles. The summed E-state index contributed by atoms with van der Waals surface area (Å²) in [4.78, 5) is 14.3. The number of hydrogen-bond acceptors (Lipinski definition) is 4. The van der Waals surface area contributed by atoms with Crippen molar-refractivity contribution < 1.29 is 9.53 Å². The molecule has 1 heterocycles. The highest BCUT2D eigenvalue weighted by Gasteiger charge is 2.17. The summed E-state index contributed by atoms with van der Waals surface area (Å²) in [5.41, 5.74) is 7.86. The number of anilines is 1. The first-order valence-corrected chi connectivity index (χ1v) is 7.52. The van der Waals surface area contributed by atoms with E-state index in [1.54, 1.807) is 0 Å². The Morgan fingerprint density at radius 2 is 1.90 bits per heavy atom. The summed E-state index contributed by atoms with van der Waals surface area (Å²) >= 11 is 0. The van der Waals surface area contributed by atoms with Crippen LogP contribution in [0.2, 0.25) is 0 Å². The quantitative estimate of drug-likeness (QED) is 0.861. The van der Waals surface area contributed by atoms with Crippen LogP contribution in [0.15, 0.2) is 24.3 Å². The van der Waals surface area contributed by atoms with Crippen LogP contribution in [0.4, 0.5) is 5.69 Å². The predicted octanol–water partition coefficient (Wildman–Crippen LogP) is 1.44. The lowest BCUT2D eigenvalue weighted by molar-refractivity contribution is -0.118. The normalized spacial score (nSPS) is 17.7. The summed E-state index contributed by atoms with van der Waals surface area (Å²) in [6, 6.07) is 7.48. The van der Waals surface area contributed by atoms with Gasteiger partial charge >= 0.3 is 0 Å². The van der Waals surface area contributed by atoms with Crippen molar-refractivity contribution >= 4 is 11.6 Å². The van der Waals surface area contributed by atoms with Crippen molar-refractivity contribution in [1.82, 2.24) is 4.90 Å². The number of carbonyl (C=O) groups excluding carboxylic acids is 1. The van der Waals surface area contributed by atoms with Crippen LogP contribution in [0.25, 0.3) is 0 Å². The number of nitrogens with zero attached hydrogens (tertiary/aromatic N) is 1. The van der Waals surface area contributed by atoms with Crippen molar-refractivity contribution in [1.29, 1.82) is 0 Å². The maximum atomic E-state index is 11.9. The highest BCUT2D eigenvalue weighted by atomic mass is 16.5. The standard InChI is InChI=1S/C16H25N3O2/c1-12(2)15(17)16(20)18-14-5-3-13(4-6-14)11-19-7-9-21-10-8-19/h3-6,12,15H,7-11,17H2,1-2H3,(H,18,20)/t15-/m1/s1. The van der Waals surface area contributed by atoms with Gasteiger partial charge in [0.2, 0.25) is 5.91 Å². The third-order valence-electron chi connectivity index (χ3n) is 3.75. The number of nitrogens with one attached hydrogen (secondary N) is 1.